The van der Waals surface area contributed by atoms with Crippen molar-refractivity contribution in [3.8, 4) is 0 Å². The van der Waals surface area contributed by atoms with Crippen LogP contribution in [0.25, 0.3) is 0 Å². The molecule has 4 unspecified atom stereocenters. The SMILES string of the molecule is O=C(NC1CCCC(Br)N1)[C@@H]1CCN(CC2CCCC(C(F)(F)F)C2)C1. The second-order valence-electron chi connectivity index (χ2n) is 8.14. The number of piperidine rings is 1. The third-order valence-corrected chi connectivity index (χ3v) is 6.78. The van der Waals surface area contributed by atoms with Crippen LogP contribution in [0.1, 0.15) is 51.4 Å². The molecule has 1 aliphatic carbocycles. The molecule has 26 heavy (non-hydrogen) atoms. The largest absolute Gasteiger partial charge is 0.391 e. The van der Waals surface area contributed by atoms with Crippen LogP contribution in [-0.4, -0.2) is 47.7 Å². The van der Waals surface area contributed by atoms with Crippen LogP contribution in [0.3, 0.4) is 0 Å². The predicted molar refractivity (Wildman–Crippen MR) is 97.7 cm³/mol. The second kappa shape index (κ2) is 8.78. The van der Waals surface area contributed by atoms with E-state index in [-0.39, 0.29) is 41.7 Å². The van der Waals surface area contributed by atoms with Gasteiger partial charge in [-0.05, 0) is 57.4 Å². The highest BCUT2D eigenvalue weighted by molar-refractivity contribution is 9.09. The Morgan fingerprint density at radius 1 is 1.15 bits per heavy atom. The van der Waals surface area contributed by atoms with Crippen molar-refractivity contribution < 1.29 is 18.0 Å². The number of alkyl halides is 4. The molecule has 3 fully saturated rings. The van der Waals surface area contributed by atoms with Gasteiger partial charge in [-0.2, -0.15) is 13.2 Å². The molecular formula is C18H29BrF3N3O. The molecule has 2 aliphatic heterocycles. The van der Waals surface area contributed by atoms with Gasteiger partial charge >= 0.3 is 6.18 Å². The van der Waals surface area contributed by atoms with E-state index in [1.165, 1.54) is 0 Å². The maximum atomic E-state index is 13.0. The molecule has 0 bridgehead atoms. The first-order valence-corrected chi connectivity index (χ1v) is 10.7. The molecule has 2 heterocycles. The van der Waals surface area contributed by atoms with Gasteiger partial charge in [0, 0.05) is 13.1 Å². The topological polar surface area (TPSA) is 44.4 Å². The predicted octanol–water partition coefficient (Wildman–Crippen LogP) is 3.61. The molecule has 2 saturated heterocycles. The van der Waals surface area contributed by atoms with Gasteiger partial charge in [-0.25, -0.2) is 0 Å². The zero-order valence-corrected chi connectivity index (χ0v) is 16.6. The van der Waals surface area contributed by atoms with Crippen LogP contribution < -0.4 is 10.6 Å². The van der Waals surface area contributed by atoms with Gasteiger partial charge in [0.15, 0.2) is 0 Å². The fourth-order valence-corrected chi connectivity index (χ4v) is 5.26. The van der Waals surface area contributed by atoms with Gasteiger partial charge in [0.05, 0.1) is 23.0 Å². The normalized spacial score (nSPS) is 36.8. The molecule has 150 valence electrons. The lowest BCUT2D eigenvalue weighted by Gasteiger charge is -2.33. The lowest BCUT2D eigenvalue weighted by Crippen LogP contribution is -2.52. The van der Waals surface area contributed by atoms with Gasteiger partial charge in [-0.3, -0.25) is 10.1 Å². The van der Waals surface area contributed by atoms with Crippen LogP contribution in [0.2, 0.25) is 0 Å². The molecule has 0 aromatic carbocycles. The lowest BCUT2D eigenvalue weighted by atomic mass is 9.81. The number of likely N-dealkylation sites (tertiary alicyclic amines) is 1. The Kier molecular flexibility index (Phi) is 6.88. The van der Waals surface area contributed by atoms with E-state index in [4.69, 9.17) is 0 Å². The molecule has 3 aliphatic rings. The van der Waals surface area contributed by atoms with Gasteiger partial charge in [-0.15, -0.1) is 0 Å². The molecule has 1 saturated carbocycles. The van der Waals surface area contributed by atoms with E-state index in [9.17, 15) is 18.0 Å². The zero-order valence-electron chi connectivity index (χ0n) is 15.0. The summed E-state index contributed by atoms with van der Waals surface area (Å²) in [5.74, 6) is -1.01. The first-order chi connectivity index (χ1) is 12.3. The van der Waals surface area contributed by atoms with Crippen molar-refractivity contribution in [3.63, 3.8) is 0 Å². The molecule has 0 aromatic heterocycles. The molecule has 2 N–H and O–H groups in total. The van der Waals surface area contributed by atoms with E-state index in [0.717, 1.165) is 38.6 Å². The van der Waals surface area contributed by atoms with Gasteiger partial charge in [0.25, 0.3) is 0 Å². The second-order valence-corrected chi connectivity index (χ2v) is 9.25. The lowest BCUT2D eigenvalue weighted by molar-refractivity contribution is -0.186. The number of halogens is 4. The van der Waals surface area contributed by atoms with E-state index in [0.29, 0.717) is 19.5 Å². The summed E-state index contributed by atoms with van der Waals surface area (Å²) < 4.78 is 38.9. The summed E-state index contributed by atoms with van der Waals surface area (Å²) in [4.78, 5) is 14.9. The minimum atomic E-state index is -4.06. The van der Waals surface area contributed by atoms with Gasteiger partial charge in [0.1, 0.15) is 0 Å². The third-order valence-electron chi connectivity index (χ3n) is 6.05. The van der Waals surface area contributed by atoms with Crippen molar-refractivity contribution in [3.05, 3.63) is 0 Å². The summed E-state index contributed by atoms with van der Waals surface area (Å²) in [7, 11) is 0. The number of hydrogen-bond donors (Lipinski definition) is 2. The van der Waals surface area contributed by atoms with E-state index < -0.39 is 12.1 Å². The highest BCUT2D eigenvalue weighted by atomic mass is 79.9. The smallest absolute Gasteiger partial charge is 0.340 e. The van der Waals surface area contributed by atoms with Crippen molar-refractivity contribution in [2.45, 2.75) is 68.7 Å². The van der Waals surface area contributed by atoms with Crippen molar-refractivity contribution in [1.29, 1.82) is 0 Å². The van der Waals surface area contributed by atoms with E-state index in [1.807, 2.05) is 0 Å². The Labute approximate surface area is 161 Å². The third kappa shape index (κ3) is 5.58. The number of hydrogen-bond acceptors (Lipinski definition) is 3. The van der Waals surface area contributed by atoms with Crippen LogP contribution in [-0.2, 0) is 4.79 Å². The van der Waals surface area contributed by atoms with Gasteiger partial charge in [0.2, 0.25) is 5.91 Å². The molecule has 8 heteroatoms. The monoisotopic (exact) mass is 439 g/mol. The first-order valence-electron chi connectivity index (χ1n) is 9.81. The number of rotatable bonds is 4. The van der Waals surface area contributed by atoms with Crippen molar-refractivity contribution in [2.75, 3.05) is 19.6 Å². The average molecular weight is 440 g/mol. The number of nitrogens with zero attached hydrogens (tertiary/aromatic N) is 1. The van der Waals surface area contributed by atoms with E-state index in [1.54, 1.807) is 0 Å². The maximum Gasteiger partial charge on any atom is 0.391 e. The molecule has 1 amide bonds. The highest BCUT2D eigenvalue weighted by Gasteiger charge is 2.42. The van der Waals surface area contributed by atoms with Crippen molar-refractivity contribution in [2.24, 2.45) is 17.8 Å². The first kappa shape index (κ1) is 20.4. The number of carbonyl (C=O) groups is 1. The molecule has 0 radical (unpaired) electrons. The quantitative estimate of drug-likeness (QED) is 0.519. The number of amides is 1. The fraction of sp³-hybridized carbons (Fsp3) is 0.944. The van der Waals surface area contributed by atoms with Crippen LogP contribution in [0.5, 0.6) is 0 Å². The Bertz CT molecular complexity index is 491. The minimum Gasteiger partial charge on any atom is -0.340 e. The fourth-order valence-electron chi connectivity index (χ4n) is 4.62. The average Bonchev–Trinajstić information content (AvgIpc) is 3.03. The van der Waals surface area contributed by atoms with Crippen LogP contribution in [0, 0.1) is 17.8 Å². The molecule has 0 spiro atoms. The Balaban J connectivity index is 1.42. The van der Waals surface area contributed by atoms with Crippen LogP contribution in [0.4, 0.5) is 13.2 Å². The van der Waals surface area contributed by atoms with Gasteiger partial charge in [-0.1, -0.05) is 22.4 Å². The Hall–Kier alpha value is -0.340. The Morgan fingerprint density at radius 2 is 1.92 bits per heavy atom. The summed E-state index contributed by atoms with van der Waals surface area (Å²) in [6.07, 6.45) is 1.87. The Morgan fingerprint density at radius 3 is 2.65 bits per heavy atom. The van der Waals surface area contributed by atoms with Gasteiger partial charge < -0.3 is 10.2 Å². The molecule has 5 atom stereocenters. The molecular weight excluding hydrogens is 411 g/mol. The standard InChI is InChI=1S/C18H29BrF3N3O/c19-15-5-2-6-16(23-15)24-17(26)13-7-8-25(11-13)10-12-3-1-4-14(9-12)18(20,21)22/h12-16,23H,1-11H2,(H,24,26)/t12?,13-,14?,15?,16?/m1/s1. The summed E-state index contributed by atoms with van der Waals surface area (Å²) in [5.41, 5.74) is 0. The van der Waals surface area contributed by atoms with E-state index in [2.05, 4.69) is 31.5 Å². The summed E-state index contributed by atoms with van der Waals surface area (Å²) in [5, 5.41) is 6.42. The maximum absolute atomic E-state index is 13.0. The number of carbonyl (C=O) groups excluding carboxylic acids is 1. The summed E-state index contributed by atoms with van der Waals surface area (Å²) in [6.45, 7) is 2.18. The summed E-state index contributed by atoms with van der Waals surface area (Å²) in [6, 6.07) is 0. The highest BCUT2D eigenvalue weighted by Crippen LogP contribution is 2.40. The molecule has 4 nitrogen and oxygen atoms in total. The molecule has 3 rings (SSSR count). The molecule has 0 aromatic rings. The van der Waals surface area contributed by atoms with Crippen LogP contribution >= 0.6 is 15.9 Å². The zero-order chi connectivity index (χ0) is 18.7. The number of nitrogens with one attached hydrogen (secondary N) is 2. The van der Waals surface area contributed by atoms with Crippen molar-refractivity contribution >= 4 is 21.8 Å². The van der Waals surface area contributed by atoms with E-state index >= 15 is 0 Å². The van der Waals surface area contributed by atoms with Crippen LogP contribution in [0.15, 0.2) is 0 Å². The van der Waals surface area contributed by atoms with Crippen molar-refractivity contribution in [1.82, 2.24) is 15.5 Å². The summed E-state index contributed by atoms with van der Waals surface area (Å²) >= 11 is 3.53. The minimum absolute atomic E-state index is 0.0144.